The maximum atomic E-state index is 9.52. The van der Waals surface area contributed by atoms with Crippen LogP contribution in [0.4, 0.5) is 0 Å². The zero-order valence-electron chi connectivity index (χ0n) is 13.5. The standard InChI is InChI=1S/C14H30NO3PS/c1-6-17-19(20,18-7-2)10-13-9-15(8-12(13)3)14(4,5)11-16/h12-13,16H,6-11H2,1-5H3/t12-,13-/m0/s1. The highest BCUT2D eigenvalue weighted by Gasteiger charge is 2.39. The van der Waals surface area contributed by atoms with E-state index in [1.807, 2.05) is 13.8 Å². The zero-order chi connectivity index (χ0) is 15.4. The quantitative estimate of drug-likeness (QED) is 0.696. The summed E-state index contributed by atoms with van der Waals surface area (Å²) in [5, 5.41) is 9.52. The molecule has 2 atom stereocenters. The van der Waals surface area contributed by atoms with Crippen molar-refractivity contribution < 1.29 is 14.2 Å². The van der Waals surface area contributed by atoms with Crippen molar-refractivity contribution in [2.75, 3.05) is 39.1 Å². The molecule has 1 aliphatic rings. The Balaban J connectivity index is 2.70. The number of nitrogens with zero attached hydrogens (tertiary/aromatic N) is 1. The molecule has 1 heterocycles. The van der Waals surface area contributed by atoms with Crippen molar-refractivity contribution >= 4 is 18.3 Å². The molecule has 1 saturated heterocycles. The molecule has 0 radical (unpaired) electrons. The summed E-state index contributed by atoms with van der Waals surface area (Å²) in [5.74, 6) is 1.05. The van der Waals surface area contributed by atoms with Gasteiger partial charge in [0, 0.05) is 24.8 Å². The lowest BCUT2D eigenvalue weighted by atomic mass is 10.0. The van der Waals surface area contributed by atoms with E-state index in [4.69, 9.17) is 20.9 Å². The second-order valence-corrected chi connectivity index (χ2v) is 10.0. The fourth-order valence-electron chi connectivity index (χ4n) is 2.69. The van der Waals surface area contributed by atoms with E-state index in [0.717, 1.165) is 19.3 Å². The summed E-state index contributed by atoms with van der Waals surface area (Å²) < 4.78 is 11.5. The van der Waals surface area contributed by atoms with Gasteiger partial charge in [0.1, 0.15) is 0 Å². The molecule has 0 amide bonds. The van der Waals surface area contributed by atoms with Crippen molar-refractivity contribution in [1.29, 1.82) is 0 Å². The van der Waals surface area contributed by atoms with Crippen molar-refractivity contribution in [2.45, 2.75) is 40.2 Å². The van der Waals surface area contributed by atoms with E-state index in [1.54, 1.807) is 0 Å². The van der Waals surface area contributed by atoms with Crippen LogP contribution in [0.1, 0.15) is 34.6 Å². The molecule has 0 unspecified atom stereocenters. The van der Waals surface area contributed by atoms with Crippen molar-refractivity contribution in [3.05, 3.63) is 0 Å². The first-order chi connectivity index (χ1) is 9.28. The van der Waals surface area contributed by atoms with E-state index < -0.39 is 6.49 Å². The number of hydrogen-bond acceptors (Lipinski definition) is 5. The highest BCUT2D eigenvalue weighted by molar-refractivity contribution is 8.09. The molecule has 0 spiro atoms. The fraction of sp³-hybridized carbons (Fsp3) is 1.00. The Bertz CT molecular complexity index is 341. The van der Waals surface area contributed by atoms with Crippen LogP contribution in [0.15, 0.2) is 0 Å². The lowest BCUT2D eigenvalue weighted by Crippen LogP contribution is -2.45. The lowest BCUT2D eigenvalue weighted by molar-refractivity contribution is 0.0731. The number of aliphatic hydroxyl groups excluding tert-OH is 1. The van der Waals surface area contributed by atoms with Gasteiger partial charge in [-0.25, -0.2) is 0 Å². The largest absolute Gasteiger partial charge is 0.394 e. The minimum Gasteiger partial charge on any atom is -0.394 e. The summed E-state index contributed by atoms with van der Waals surface area (Å²) in [6.45, 7) is 11.6. The van der Waals surface area contributed by atoms with Crippen molar-refractivity contribution in [2.24, 2.45) is 11.8 Å². The minimum absolute atomic E-state index is 0.164. The second kappa shape index (κ2) is 7.66. The zero-order valence-corrected chi connectivity index (χ0v) is 15.2. The third kappa shape index (κ3) is 4.75. The van der Waals surface area contributed by atoms with Crippen LogP contribution in [0.25, 0.3) is 0 Å². The smallest absolute Gasteiger partial charge is 0.189 e. The topological polar surface area (TPSA) is 41.9 Å². The first-order valence-electron chi connectivity index (χ1n) is 7.52. The van der Waals surface area contributed by atoms with Crippen molar-refractivity contribution in [3.63, 3.8) is 0 Å². The maximum absolute atomic E-state index is 9.52. The van der Waals surface area contributed by atoms with Gasteiger partial charge in [-0.1, -0.05) is 6.92 Å². The lowest BCUT2D eigenvalue weighted by Gasteiger charge is -2.34. The van der Waals surface area contributed by atoms with Gasteiger partial charge >= 0.3 is 0 Å². The molecular formula is C14H30NO3PS. The molecule has 0 aromatic heterocycles. The molecule has 0 aromatic carbocycles. The predicted octanol–water partition coefficient (Wildman–Crippen LogP) is 2.71. The van der Waals surface area contributed by atoms with E-state index in [9.17, 15) is 5.11 Å². The van der Waals surface area contributed by atoms with E-state index in [2.05, 4.69) is 25.7 Å². The molecule has 0 aliphatic carbocycles. The van der Waals surface area contributed by atoms with Crippen LogP contribution in [-0.2, 0) is 20.9 Å². The summed E-state index contributed by atoms with van der Waals surface area (Å²) in [6, 6.07) is 0. The summed E-state index contributed by atoms with van der Waals surface area (Å²) in [7, 11) is 0. The highest BCUT2D eigenvalue weighted by atomic mass is 32.5. The molecule has 1 fully saturated rings. The molecule has 0 bridgehead atoms. The molecule has 4 nitrogen and oxygen atoms in total. The van der Waals surface area contributed by atoms with Gasteiger partial charge in [-0.3, -0.25) is 4.90 Å². The van der Waals surface area contributed by atoms with Gasteiger partial charge < -0.3 is 14.2 Å². The molecule has 1 aliphatic heterocycles. The number of aliphatic hydroxyl groups is 1. The van der Waals surface area contributed by atoms with Gasteiger partial charge in [0.05, 0.1) is 19.8 Å². The van der Waals surface area contributed by atoms with E-state index in [0.29, 0.717) is 25.0 Å². The Kier molecular flexibility index (Phi) is 7.10. The number of rotatable bonds is 8. The van der Waals surface area contributed by atoms with Gasteiger partial charge in [0.15, 0.2) is 6.49 Å². The van der Waals surface area contributed by atoms with E-state index >= 15 is 0 Å². The fourth-order valence-corrected chi connectivity index (χ4v) is 6.02. The van der Waals surface area contributed by atoms with E-state index in [-0.39, 0.29) is 12.1 Å². The van der Waals surface area contributed by atoms with Crippen LogP contribution in [0.5, 0.6) is 0 Å². The predicted molar refractivity (Wildman–Crippen MR) is 87.8 cm³/mol. The van der Waals surface area contributed by atoms with Crippen LogP contribution in [0.3, 0.4) is 0 Å². The van der Waals surface area contributed by atoms with Gasteiger partial charge in [-0.15, -0.1) is 0 Å². The normalized spacial score (nSPS) is 25.3. The molecule has 1 rings (SSSR count). The maximum Gasteiger partial charge on any atom is 0.189 e. The Hall–Kier alpha value is 0.490. The van der Waals surface area contributed by atoms with Gasteiger partial charge in [-0.05, 0) is 51.3 Å². The Morgan fingerprint density at radius 1 is 1.25 bits per heavy atom. The van der Waals surface area contributed by atoms with E-state index in [1.165, 1.54) is 0 Å². The van der Waals surface area contributed by atoms with Gasteiger partial charge in [0.25, 0.3) is 0 Å². The molecular weight excluding hydrogens is 293 g/mol. The molecule has 120 valence electrons. The summed E-state index contributed by atoms with van der Waals surface area (Å²) in [4.78, 5) is 2.36. The molecule has 6 heteroatoms. The van der Waals surface area contributed by atoms with Crippen LogP contribution < -0.4 is 0 Å². The monoisotopic (exact) mass is 323 g/mol. The summed E-state index contributed by atoms with van der Waals surface area (Å²) in [5.41, 5.74) is -0.164. The van der Waals surface area contributed by atoms with Crippen LogP contribution in [0.2, 0.25) is 0 Å². The SMILES string of the molecule is CCOP(=S)(C[C@@H]1CN(C(C)(C)CO)C[C@@H]1C)OCC. The minimum atomic E-state index is -2.15. The van der Waals surface area contributed by atoms with Crippen molar-refractivity contribution in [1.82, 2.24) is 4.90 Å². The molecule has 0 saturated carbocycles. The van der Waals surface area contributed by atoms with Gasteiger partial charge in [-0.2, -0.15) is 0 Å². The first kappa shape index (κ1) is 18.5. The van der Waals surface area contributed by atoms with Crippen molar-refractivity contribution in [3.8, 4) is 0 Å². The van der Waals surface area contributed by atoms with Crippen LogP contribution in [0, 0.1) is 11.8 Å². The number of likely N-dealkylation sites (tertiary alicyclic amines) is 1. The average molecular weight is 323 g/mol. The van der Waals surface area contributed by atoms with Gasteiger partial charge in [0.2, 0.25) is 0 Å². The third-order valence-corrected chi connectivity index (χ3v) is 7.42. The Morgan fingerprint density at radius 2 is 1.80 bits per heavy atom. The van der Waals surface area contributed by atoms with Crippen LogP contribution >= 0.6 is 6.49 Å². The van der Waals surface area contributed by atoms with Crippen LogP contribution in [-0.4, -0.2) is 54.6 Å². The molecule has 20 heavy (non-hydrogen) atoms. The summed E-state index contributed by atoms with van der Waals surface area (Å²) in [6.07, 6.45) is 0.836. The number of hydrogen-bond donors (Lipinski definition) is 1. The second-order valence-electron chi connectivity index (χ2n) is 6.24. The first-order valence-corrected chi connectivity index (χ1v) is 10.3. The molecule has 1 N–H and O–H groups in total. The Morgan fingerprint density at radius 3 is 2.25 bits per heavy atom. The molecule has 0 aromatic rings. The third-order valence-electron chi connectivity index (χ3n) is 4.12. The summed E-state index contributed by atoms with van der Waals surface area (Å²) >= 11 is 5.65. The Labute approximate surface area is 129 Å². The average Bonchev–Trinajstić information content (AvgIpc) is 2.72. The highest BCUT2D eigenvalue weighted by Crippen LogP contribution is 2.52.